The van der Waals surface area contributed by atoms with Gasteiger partial charge in [0, 0.05) is 31.4 Å². The lowest BCUT2D eigenvalue weighted by Crippen LogP contribution is -2.04. The van der Waals surface area contributed by atoms with E-state index in [2.05, 4.69) is 10.4 Å². The molecule has 8 nitrogen and oxygen atoms in total. The van der Waals surface area contributed by atoms with Crippen molar-refractivity contribution in [2.75, 3.05) is 5.32 Å². The van der Waals surface area contributed by atoms with Crippen LogP contribution in [-0.4, -0.2) is 25.8 Å². The van der Waals surface area contributed by atoms with Crippen LogP contribution < -0.4 is 5.32 Å². The highest BCUT2D eigenvalue weighted by Gasteiger charge is 2.17. The van der Waals surface area contributed by atoms with E-state index < -0.39 is 10.9 Å². The molecule has 0 aliphatic carbocycles. The van der Waals surface area contributed by atoms with Gasteiger partial charge in [-0.2, -0.15) is 5.10 Å². The Morgan fingerprint density at radius 2 is 2.30 bits per heavy atom. The number of nitro groups is 1. The maximum absolute atomic E-state index is 11.0. The van der Waals surface area contributed by atoms with E-state index in [1.807, 2.05) is 0 Å². The number of carboxylic acid groups (broad SMARTS) is 1. The van der Waals surface area contributed by atoms with E-state index in [0.717, 1.165) is 11.6 Å². The number of aryl methyl sites for hydroxylation is 1. The van der Waals surface area contributed by atoms with E-state index in [1.54, 1.807) is 24.1 Å². The molecular formula is C12H12N4O4. The summed E-state index contributed by atoms with van der Waals surface area (Å²) < 4.78 is 1.62. The van der Waals surface area contributed by atoms with Crippen LogP contribution in [0.2, 0.25) is 0 Å². The molecule has 1 aromatic heterocycles. The number of hydrogen-bond acceptors (Lipinski definition) is 5. The molecule has 0 radical (unpaired) electrons. The zero-order valence-corrected chi connectivity index (χ0v) is 10.6. The van der Waals surface area contributed by atoms with Crippen LogP contribution in [0.15, 0.2) is 30.6 Å². The SMILES string of the molecule is Cn1cc(CNc2ccc(C(=O)O)cc2[N+](=O)[O-])cn1. The number of hydrogen-bond donors (Lipinski definition) is 2. The van der Waals surface area contributed by atoms with E-state index in [-0.39, 0.29) is 16.9 Å². The van der Waals surface area contributed by atoms with E-state index in [0.29, 0.717) is 6.54 Å². The average Bonchev–Trinajstić information content (AvgIpc) is 2.81. The molecule has 0 aliphatic heterocycles. The van der Waals surface area contributed by atoms with Crippen LogP contribution in [0.5, 0.6) is 0 Å². The Balaban J connectivity index is 2.22. The van der Waals surface area contributed by atoms with Crippen molar-refractivity contribution < 1.29 is 14.8 Å². The maximum atomic E-state index is 11.0. The van der Waals surface area contributed by atoms with E-state index in [9.17, 15) is 14.9 Å². The minimum Gasteiger partial charge on any atom is -0.478 e. The number of carboxylic acids is 1. The molecule has 0 bridgehead atoms. The van der Waals surface area contributed by atoms with Gasteiger partial charge in [-0.25, -0.2) is 4.79 Å². The number of aromatic nitrogens is 2. The van der Waals surface area contributed by atoms with Gasteiger partial charge >= 0.3 is 5.97 Å². The normalized spacial score (nSPS) is 10.2. The molecule has 0 fully saturated rings. The largest absolute Gasteiger partial charge is 0.478 e. The first kappa shape index (κ1) is 13.5. The summed E-state index contributed by atoms with van der Waals surface area (Å²) in [5, 5.41) is 26.7. The van der Waals surface area contributed by atoms with E-state index in [4.69, 9.17) is 5.11 Å². The van der Waals surface area contributed by atoms with Crippen molar-refractivity contribution in [3.05, 3.63) is 51.8 Å². The Kier molecular flexibility index (Phi) is 3.65. The zero-order chi connectivity index (χ0) is 14.7. The fourth-order valence-corrected chi connectivity index (χ4v) is 1.73. The van der Waals surface area contributed by atoms with Gasteiger partial charge in [0.15, 0.2) is 0 Å². The van der Waals surface area contributed by atoms with Crippen molar-refractivity contribution in [3.8, 4) is 0 Å². The number of carbonyl (C=O) groups is 1. The highest BCUT2D eigenvalue weighted by Crippen LogP contribution is 2.26. The molecule has 0 saturated carbocycles. The third-order valence-electron chi connectivity index (χ3n) is 2.68. The van der Waals surface area contributed by atoms with Gasteiger partial charge in [0.2, 0.25) is 0 Å². The zero-order valence-electron chi connectivity index (χ0n) is 10.6. The van der Waals surface area contributed by atoms with Gasteiger partial charge in [0.1, 0.15) is 5.69 Å². The molecule has 8 heteroatoms. The quantitative estimate of drug-likeness (QED) is 0.634. The van der Waals surface area contributed by atoms with Crippen molar-refractivity contribution in [1.82, 2.24) is 9.78 Å². The fourth-order valence-electron chi connectivity index (χ4n) is 1.73. The predicted octanol–water partition coefficient (Wildman–Crippen LogP) is 1.64. The summed E-state index contributed by atoms with van der Waals surface area (Å²) in [4.78, 5) is 21.2. The first-order valence-corrected chi connectivity index (χ1v) is 5.70. The number of nitrogens with one attached hydrogen (secondary N) is 1. The molecule has 0 saturated heterocycles. The molecule has 2 N–H and O–H groups in total. The summed E-state index contributed by atoms with van der Waals surface area (Å²) in [5.41, 5.74) is 0.741. The second-order valence-electron chi connectivity index (χ2n) is 4.17. The van der Waals surface area contributed by atoms with Crippen LogP contribution in [0.1, 0.15) is 15.9 Å². The summed E-state index contributed by atoms with van der Waals surface area (Å²) >= 11 is 0. The number of nitro benzene ring substituents is 1. The number of benzene rings is 1. The number of nitrogens with zero attached hydrogens (tertiary/aromatic N) is 3. The van der Waals surface area contributed by atoms with Crippen LogP contribution in [-0.2, 0) is 13.6 Å². The van der Waals surface area contributed by atoms with Crippen LogP contribution in [0.25, 0.3) is 0 Å². The van der Waals surface area contributed by atoms with Gasteiger partial charge in [-0.05, 0) is 12.1 Å². The lowest BCUT2D eigenvalue weighted by molar-refractivity contribution is -0.384. The molecule has 0 amide bonds. The van der Waals surface area contributed by atoms with Gasteiger partial charge in [-0.1, -0.05) is 0 Å². The summed E-state index contributed by atoms with van der Waals surface area (Å²) in [6.07, 6.45) is 3.43. The topological polar surface area (TPSA) is 110 Å². The Morgan fingerprint density at radius 3 is 2.85 bits per heavy atom. The van der Waals surface area contributed by atoms with Gasteiger partial charge in [-0.15, -0.1) is 0 Å². The second kappa shape index (κ2) is 5.39. The summed E-state index contributed by atoms with van der Waals surface area (Å²) in [5.74, 6) is -1.20. The van der Waals surface area contributed by atoms with E-state index in [1.165, 1.54) is 12.1 Å². The lowest BCUT2D eigenvalue weighted by Gasteiger charge is -2.06. The van der Waals surface area contributed by atoms with Crippen molar-refractivity contribution in [2.45, 2.75) is 6.54 Å². The molecule has 20 heavy (non-hydrogen) atoms. The Morgan fingerprint density at radius 1 is 1.55 bits per heavy atom. The molecular weight excluding hydrogens is 264 g/mol. The van der Waals surface area contributed by atoms with Crippen molar-refractivity contribution >= 4 is 17.3 Å². The maximum Gasteiger partial charge on any atom is 0.335 e. The number of anilines is 1. The minimum absolute atomic E-state index is 0.122. The molecule has 2 aromatic rings. The van der Waals surface area contributed by atoms with Gasteiger partial charge < -0.3 is 10.4 Å². The van der Waals surface area contributed by atoms with Crippen molar-refractivity contribution in [1.29, 1.82) is 0 Å². The number of aromatic carboxylic acids is 1. The molecule has 0 unspecified atom stereocenters. The monoisotopic (exact) mass is 276 g/mol. The predicted molar refractivity (Wildman–Crippen MR) is 70.6 cm³/mol. The van der Waals surface area contributed by atoms with Gasteiger partial charge in [0.25, 0.3) is 5.69 Å². The Bertz CT molecular complexity index is 665. The molecule has 1 heterocycles. The first-order valence-electron chi connectivity index (χ1n) is 5.70. The molecule has 104 valence electrons. The highest BCUT2D eigenvalue weighted by molar-refractivity contribution is 5.89. The van der Waals surface area contributed by atoms with Gasteiger partial charge in [0.05, 0.1) is 16.7 Å². The molecule has 1 aromatic carbocycles. The van der Waals surface area contributed by atoms with Crippen molar-refractivity contribution in [2.24, 2.45) is 7.05 Å². The molecule has 0 aliphatic rings. The highest BCUT2D eigenvalue weighted by atomic mass is 16.6. The second-order valence-corrected chi connectivity index (χ2v) is 4.17. The summed E-state index contributed by atoms with van der Waals surface area (Å²) in [6.45, 7) is 0.362. The molecule has 0 spiro atoms. The number of rotatable bonds is 5. The third kappa shape index (κ3) is 2.91. The van der Waals surface area contributed by atoms with Crippen LogP contribution in [0.4, 0.5) is 11.4 Å². The Labute approximate surface area is 113 Å². The third-order valence-corrected chi connectivity index (χ3v) is 2.68. The Hall–Kier alpha value is -2.90. The van der Waals surface area contributed by atoms with Crippen LogP contribution in [0, 0.1) is 10.1 Å². The molecule has 0 atom stereocenters. The minimum atomic E-state index is -1.20. The van der Waals surface area contributed by atoms with Gasteiger partial charge in [-0.3, -0.25) is 14.8 Å². The first-order chi connectivity index (χ1) is 9.47. The lowest BCUT2D eigenvalue weighted by atomic mass is 10.1. The standard InChI is InChI=1S/C12H12N4O4/c1-15-7-8(6-14-15)5-13-10-3-2-9(12(17)18)4-11(10)16(19)20/h2-4,6-7,13H,5H2,1H3,(H,17,18). The molecule has 2 rings (SSSR count). The average molecular weight is 276 g/mol. The van der Waals surface area contributed by atoms with Crippen LogP contribution in [0.3, 0.4) is 0 Å². The summed E-state index contributed by atoms with van der Waals surface area (Å²) in [6, 6.07) is 3.74. The van der Waals surface area contributed by atoms with Crippen LogP contribution >= 0.6 is 0 Å². The smallest absolute Gasteiger partial charge is 0.335 e. The fraction of sp³-hybridized carbons (Fsp3) is 0.167. The van der Waals surface area contributed by atoms with Crippen molar-refractivity contribution in [3.63, 3.8) is 0 Å². The summed E-state index contributed by atoms with van der Waals surface area (Å²) in [7, 11) is 1.77. The van der Waals surface area contributed by atoms with E-state index >= 15 is 0 Å².